The first-order valence-electron chi connectivity index (χ1n) is 5.02. The van der Waals surface area contributed by atoms with Crippen LogP contribution in [-0.2, 0) is 4.79 Å². The number of carbonyl (C=O) groups is 1. The van der Waals surface area contributed by atoms with E-state index in [2.05, 4.69) is 0 Å². The van der Waals surface area contributed by atoms with Crippen LogP contribution in [0.1, 0.15) is 39.5 Å². The Kier molecular flexibility index (Phi) is 1.76. The van der Waals surface area contributed by atoms with Gasteiger partial charge < -0.3 is 5.11 Å². The van der Waals surface area contributed by atoms with Gasteiger partial charge in [0.05, 0.1) is 0 Å². The van der Waals surface area contributed by atoms with E-state index < -0.39 is 0 Å². The molecule has 1 atom stereocenters. The molecule has 1 N–H and O–H groups in total. The zero-order valence-corrected chi connectivity index (χ0v) is 8.26. The highest BCUT2D eigenvalue weighted by molar-refractivity contribution is 6.01. The molecule has 2 aliphatic carbocycles. The van der Waals surface area contributed by atoms with Gasteiger partial charge in [-0.25, -0.2) is 0 Å². The molecular weight excluding hydrogens is 164 g/mol. The van der Waals surface area contributed by atoms with Crippen LogP contribution < -0.4 is 0 Å². The molecular formula is C11H16O2. The van der Waals surface area contributed by atoms with Crippen molar-refractivity contribution < 1.29 is 9.90 Å². The Morgan fingerprint density at radius 1 is 1.38 bits per heavy atom. The predicted molar refractivity (Wildman–Crippen MR) is 50.4 cm³/mol. The molecule has 0 bridgehead atoms. The molecule has 13 heavy (non-hydrogen) atoms. The van der Waals surface area contributed by atoms with Gasteiger partial charge in [0, 0.05) is 5.41 Å². The van der Waals surface area contributed by atoms with Crippen molar-refractivity contribution in [2.24, 2.45) is 11.3 Å². The maximum Gasteiger partial charge on any atom is 0.203 e. The summed E-state index contributed by atoms with van der Waals surface area (Å²) < 4.78 is 0. The molecule has 0 aromatic heterocycles. The molecule has 0 aliphatic heterocycles. The third-order valence-electron chi connectivity index (χ3n) is 3.59. The van der Waals surface area contributed by atoms with Crippen LogP contribution in [0.15, 0.2) is 11.3 Å². The Hall–Kier alpha value is -0.790. The van der Waals surface area contributed by atoms with Crippen molar-refractivity contribution in [3.8, 4) is 0 Å². The van der Waals surface area contributed by atoms with Gasteiger partial charge in [-0.2, -0.15) is 0 Å². The molecule has 0 heterocycles. The van der Waals surface area contributed by atoms with Crippen LogP contribution in [0, 0.1) is 11.3 Å². The van der Waals surface area contributed by atoms with Crippen molar-refractivity contribution in [1.82, 2.24) is 0 Å². The molecule has 2 aliphatic rings. The minimum absolute atomic E-state index is 0.0469. The van der Waals surface area contributed by atoms with E-state index in [1.807, 2.05) is 13.8 Å². The third kappa shape index (κ3) is 1.04. The van der Waals surface area contributed by atoms with Crippen molar-refractivity contribution in [3.63, 3.8) is 0 Å². The number of ketones is 1. The maximum absolute atomic E-state index is 11.7. The van der Waals surface area contributed by atoms with Gasteiger partial charge >= 0.3 is 0 Å². The van der Waals surface area contributed by atoms with Crippen LogP contribution in [-0.4, -0.2) is 10.9 Å². The lowest BCUT2D eigenvalue weighted by molar-refractivity contribution is -0.125. The van der Waals surface area contributed by atoms with Crippen molar-refractivity contribution in [1.29, 1.82) is 0 Å². The molecule has 0 radical (unpaired) electrons. The Balaban J connectivity index is 2.41. The summed E-state index contributed by atoms with van der Waals surface area (Å²) in [4.78, 5) is 11.7. The molecule has 2 nitrogen and oxygen atoms in total. The van der Waals surface area contributed by atoms with Gasteiger partial charge in [0.25, 0.3) is 0 Å². The lowest BCUT2D eigenvalue weighted by Crippen LogP contribution is -2.29. The Morgan fingerprint density at radius 2 is 2.08 bits per heavy atom. The lowest BCUT2D eigenvalue weighted by atomic mass is 9.72. The highest BCUT2D eigenvalue weighted by Gasteiger charge is 2.48. The van der Waals surface area contributed by atoms with Crippen molar-refractivity contribution in [2.45, 2.75) is 39.5 Å². The van der Waals surface area contributed by atoms with Gasteiger partial charge in [0.1, 0.15) is 0 Å². The molecule has 1 unspecified atom stereocenters. The lowest BCUT2D eigenvalue weighted by Gasteiger charge is -2.30. The van der Waals surface area contributed by atoms with E-state index in [4.69, 9.17) is 0 Å². The normalized spacial score (nSPS) is 32.2. The van der Waals surface area contributed by atoms with Gasteiger partial charge in [-0.3, -0.25) is 4.79 Å². The first-order valence-corrected chi connectivity index (χ1v) is 5.02. The molecule has 0 aromatic rings. The van der Waals surface area contributed by atoms with Gasteiger partial charge in [-0.05, 0) is 30.8 Å². The number of aliphatic hydroxyl groups excluding tert-OH is 1. The monoisotopic (exact) mass is 180 g/mol. The summed E-state index contributed by atoms with van der Waals surface area (Å²) in [6.45, 7) is 3.91. The second-order valence-corrected chi connectivity index (χ2v) is 4.72. The summed E-state index contributed by atoms with van der Waals surface area (Å²) in [5.41, 5.74) is 0.682. The number of Topliss-reactive ketones (excluding diaryl/α,β-unsaturated/α-hetero) is 1. The second-order valence-electron chi connectivity index (χ2n) is 4.72. The van der Waals surface area contributed by atoms with E-state index in [1.165, 1.54) is 6.42 Å². The first kappa shape index (κ1) is 8.79. The Labute approximate surface area is 78.6 Å². The van der Waals surface area contributed by atoms with Crippen molar-refractivity contribution >= 4 is 5.78 Å². The average Bonchev–Trinajstić information content (AvgIpc) is 2.30. The van der Waals surface area contributed by atoms with Crippen LogP contribution >= 0.6 is 0 Å². The Morgan fingerprint density at radius 3 is 2.69 bits per heavy atom. The molecule has 2 heteroatoms. The van der Waals surface area contributed by atoms with E-state index in [9.17, 15) is 9.90 Å². The summed E-state index contributed by atoms with van der Waals surface area (Å²) in [5.74, 6) is 0.345. The minimum Gasteiger partial charge on any atom is -0.504 e. The predicted octanol–water partition coefficient (Wildman–Crippen LogP) is 2.60. The average molecular weight is 180 g/mol. The van der Waals surface area contributed by atoms with E-state index in [-0.39, 0.29) is 17.0 Å². The SMILES string of the molecule is CC1(C)C(=O)C(O)=C2CCCCC21. The van der Waals surface area contributed by atoms with Crippen LogP contribution in [0.25, 0.3) is 0 Å². The van der Waals surface area contributed by atoms with Crippen LogP contribution in [0.3, 0.4) is 0 Å². The van der Waals surface area contributed by atoms with E-state index in [1.54, 1.807) is 0 Å². The summed E-state index contributed by atoms with van der Waals surface area (Å²) in [5, 5.41) is 9.66. The van der Waals surface area contributed by atoms with Gasteiger partial charge in [-0.1, -0.05) is 20.3 Å². The largest absolute Gasteiger partial charge is 0.504 e. The van der Waals surface area contributed by atoms with Gasteiger partial charge in [-0.15, -0.1) is 0 Å². The third-order valence-corrected chi connectivity index (χ3v) is 3.59. The number of rotatable bonds is 0. The van der Waals surface area contributed by atoms with E-state index in [0.717, 1.165) is 24.8 Å². The van der Waals surface area contributed by atoms with Crippen LogP contribution in [0.2, 0.25) is 0 Å². The molecule has 0 aromatic carbocycles. The molecule has 0 amide bonds. The highest BCUT2D eigenvalue weighted by atomic mass is 16.3. The quantitative estimate of drug-likeness (QED) is 0.622. The number of fused-ring (bicyclic) bond motifs is 1. The fourth-order valence-electron chi connectivity index (χ4n) is 2.70. The summed E-state index contributed by atoms with van der Waals surface area (Å²) in [6, 6.07) is 0. The van der Waals surface area contributed by atoms with Crippen molar-refractivity contribution in [2.75, 3.05) is 0 Å². The second kappa shape index (κ2) is 2.60. The fourth-order valence-corrected chi connectivity index (χ4v) is 2.70. The van der Waals surface area contributed by atoms with Crippen molar-refractivity contribution in [3.05, 3.63) is 11.3 Å². The number of carbonyl (C=O) groups excluding carboxylic acids is 1. The maximum atomic E-state index is 11.7. The molecule has 0 saturated heterocycles. The standard InChI is InChI=1S/C11H16O2/c1-11(2)8-6-4-3-5-7(8)9(12)10(11)13/h8,12H,3-6H2,1-2H3. The van der Waals surface area contributed by atoms with E-state index >= 15 is 0 Å². The molecule has 72 valence electrons. The topological polar surface area (TPSA) is 37.3 Å². The molecule has 0 spiro atoms. The van der Waals surface area contributed by atoms with Gasteiger partial charge in [0.2, 0.25) is 5.78 Å². The molecule has 1 fully saturated rings. The zero-order chi connectivity index (χ0) is 9.64. The summed E-state index contributed by atoms with van der Waals surface area (Å²) in [6.07, 6.45) is 4.31. The fraction of sp³-hybridized carbons (Fsp3) is 0.727. The molecule has 1 saturated carbocycles. The minimum atomic E-state index is -0.347. The molecule has 2 rings (SSSR count). The van der Waals surface area contributed by atoms with E-state index in [0.29, 0.717) is 5.92 Å². The number of allylic oxidation sites excluding steroid dienone is 2. The summed E-state index contributed by atoms with van der Waals surface area (Å²) >= 11 is 0. The zero-order valence-electron chi connectivity index (χ0n) is 8.26. The van der Waals surface area contributed by atoms with Crippen LogP contribution in [0.4, 0.5) is 0 Å². The number of hydrogen-bond acceptors (Lipinski definition) is 2. The smallest absolute Gasteiger partial charge is 0.203 e. The number of hydrogen-bond donors (Lipinski definition) is 1. The number of aliphatic hydroxyl groups is 1. The van der Waals surface area contributed by atoms with Gasteiger partial charge in [0.15, 0.2) is 5.76 Å². The highest BCUT2D eigenvalue weighted by Crippen LogP contribution is 2.49. The first-order chi connectivity index (χ1) is 6.05. The Bertz CT molecular complexity index is 286. The van der Waals surface area contributed by atoms with Crippen LogP contribution in [0.5, 0.6) is 0 Å². The summed E-state index contributed by atoms with van der Waals surface area (Å²) in [7, 11) is 0.